The Balaban J connectivity index is 2.10. The summed E-state index contributed by atoms with van der Waals surface area (Å²) in [6.45, 7) is 1.52. The summed E-state index contributed by atoms with van der Waals surface area (Å²) in [7, 11) is -13.9. The van der Waals surface area contributed by atoms with Gasteiger partial charge in [0.05, 0.1) is 22.9 Å². The summed E-state index contributed by atoms with van der Waals surface area (Å²) < 4.78 is 103. The van der Waals surface area contributed by atoms with Gasteiger partial charge in [0, 0.05) is 22.7 Å². The maximum absolute atomic E-state index is 12.8. The fraction of sp³-hybridized carbons (Fsp3) is 0.227. The summed E-state index contributed by atoms with van der Waals surface area (Å²) >= 11 is 0. The molecule has 0 radical (unpaired) electrons. The highest BCUT2D eigenvalue weighted by molar-refractivity contribution is 7.86. The standard InChI is InChI=1S/C22H24N2O11S3/c1-13-8-14(4-5-18(13)23)22(25)24-19-12-17-15(10-21(19)38(32,33)34)9-16(37(29,30)31)11-20(17)35-6-2-3-7-36(26,27)28/h4-5,8-12H,2-3,6-7,23H2,1H3,(H,24,25)(H,26,27,28)(H,29,30,31)(H,32,33,34). The van der Waals surface area contributed by atoms with Crippen molar-refractivity contribution in [3.05, 3.63) is 53.6 Å². The lowest BCUT2D eigenvalue weighted by atomic mass is 10.1. The maximum Gasteiger partial charge on any atom is 0.296 e. The molecule has 206 valence electrons. The minimum Gasteiger partial charge on any atom is -0.493 e. The second-order valence-electron chi connectivity index (χ2n) is 8.31. The van der Waals surface area contributed by atoms with Crippen LogP contribution >= 0.6 is 0 Å². The summed E-state index contributed by atoms with van der Waals surface area (Å²) in [5, 5.41) is 2.42. The smallest absolute Gasteiger partial charge is 0.296 e. The molecule has 38 heavy (non-hydrogen) atoms. The molecular weight excluding hydrogens is 564 g/mol. The highest BCUT2D eigenvalue weighted by Gasteiger charge is 2.23. The number of carbonyl (C=O) groups is 1. The molecule has 0 atom stereocenters. The Bertz CT molecular complexity index is 1730. The van der Waals surface area contributed by atoms with Crippen molar-refractivity contribution in [2.45, 2.75) is 29.6 Å². The molecule has 0 saturated heterocycles. The Morgan fingerprint density at radius 2 is 1.61 bits per heavy atom. The van der Waals surface area contributed by atoms with E-state index in [0.29, 0.717) is 11.3 Å². The third-order valence-corrected chi connectivity index (χ3v) is 7.93. The molecule has 1 amide bonds. The van der Waals surface area contributed by atoms with Crippen molar-refractivity contribution in [3.63, 3.8) is 0 Å². The Labute approximate surface area is 218 Å². The van der Waals surface area contributed by atoms with Crippen LogP contribution < -0.4 is 15.8 Å². The fourth-order valence-corrected chi connectivity index (χ4v) is 5.25. The van der Waals surface area contributed by atoms with E-state index in [1.54, 1.807) is 6.92 Å². The Morgan fingerprint density at radius 3 is 2.18 bits per heavy atom. The summed E-state index contributed by atoms with van der Waals surface area (Å²) in [5.74, 6) is -1.41. The summed E-state index contributed by atoms with van der Waals surface area (Å²) in [6.07, 6.45) is 0.143. The molecule has 0 bridgehead atoms. The SMILES string of the molecule is Cc1cc(C(=O)Nc2cc3c(OCCCCS(=O)(=O)O)cc(S(=O)(=O)O)cc3cc2S(=O)(=O)O)ccc1N. The van der Waals surface area contributed by atoms with E-state index in [2.05, 4.69) is 5.32 Å². The third-order valence-electron chi connectivity index (χ3n) is 5.40. The number of rotatable bonds is 10. The number of fused-ring (bicyclic) bond motifs is 1. The van der Waals surface area contributed by atoms with Gasteiger partial charge in [-0.2, -0.15) is 25.3 Å². The first-order chi connectivity index (χ1) is 17.5. The van der Waals surface area contributed by atoms with Gasteiger partial charge in [0.2, 0.25) is 0 Å². The molecule has 0 spiro atoms. The quantitative estimate of drug-likeness (QED) is 0.131. The number of anilines is 2. The predicted molar refractivity (Wildman–Crippen MR) is 138 cm³/mol. The van der Waals surface area contributed by atoms with E-state index in [4.69, 9.17) is 15.0 Å². The number of nitrogens with two attached hydrogens (primary N) is 1. The summed E-state index contributed by atoms with van der Waals surface area (Å²) in [4.78, 5) is 11.4. The summed E-state index contributed by atoms with van der Waals surface area (Å²) in [5.41, 5.74) is 6.57. The van der Waals surface area contributed by atoms with Gasteiger partial charge in [-0.15, -0.1) is 0 Å². The molecule has 0 aliphatic carbocycles. The maximum atomic E-state index is 12.8. The highest BCUT2D eigenvalue weighted by Crippen LogP contribution is 2.36. The van der Waals surface area contributed by atoms with Crippen LogP contribution in [0.4, 0.5) is 11.4 Å². The van der Waals surface area contributed by atoms with Crippen LogP contribution in [0.3, 0.4) is 0 Å². The molecule has 3 aromatic rings. The topological polar surface area (TPSA) is 227 Å². The Hall–Kier alpha value is -3.28. The van der Waals surface area contributed by atoms with E-state index in [1.807, 2.05) is 0 Å². The number of amides is 1. The second kappa shape index (κ2) is 10.8. The molecular formula is C22H24N2O11S3. The molecule has 13 nitrogen and oxygen atoms in total. The van der Waals surface area contributed by atoms with Crippen molar-refractivity contribution in [1.29, 1.82) is 0 Å². The van der Waals surface area contributed by atoms with Gasteiger partial charge in [-0.1, -0.05) is 0 Å². The average molecular weight is 589 g/mol. The molecule has 0 aromatic heterocycles. The van der Waals surface area contributed by atoms with Gasteiger partial charge >= 0.3 is 0 Å². The molecule has 0 aliphatic rings. The van der Waals surface area contributed by atoms with Crippen LogP contribution in [0.5, 0.6) is 5.75 Å². The van der Waals surface area contributed by atoms with Gasteiger partial charge in [0.1, 0.15) is 10.6 Å². The Morgan fingerprint density at radius 1 is 0.921 bits per heavy atom. The molecule has 0 unspecified atom stereocenters. The van der Waals surface area contributed by atoms with Crippen molar-refractivity contribution >= 4 is 58.4 Å². The number of carbonyl (C=O) groups excluding carboxylic acids is 1. The van der Waals surface area contributed by atoms with Crippen LogP contribution in [-0.4, -0.2) is 57.2 Å². The second-order valence-corrected chi connectivity index (χ2v) is 12.7. The van der Waals surface area contributed by atoms with Gasteiger partial charge in [0.15, 0.2) is 0 Å². The zero-order valence-electron chi connectivity index (χ0n) is 19.8. The van der Waals surface area contributed by atoms with E-state index >= 15 is 0 Å². The van der Waals surface area contributed by atoms with Crippen LogP contribution in [0.25, 0.3) is 10.8 Å². The molecule has 0 heterocycles. The average Bonchev–Trinajstić information content (AvgIpc) is 2.78. The van der Waals surface area contributed by atoms with Crippen molar-refractivity contribution in [2.75, 3.05) is 23.4 Å². The first-order valence-electron chi connectivity index (χ1n) is 10.8. The van der Waals surface area contributed by atoms with Crippen LogP contribution in [0, 0.1) is 6.92 Å². The molecule has 3 rings (SSSR count). The molecule has 3 aromatic carbocycles. The minimum atomic E-state index is -4.94. The van der Waals surface area contributed by atoms with E-state index < -0.39 is 51.8 Å². The van der Waals surface area contributed by atoms with Gasteiger partial charge in [0.25, 0.3) is 36.3 Å². The lowest BCUT2D eigenvalue weighted by Gasteiger charge is -2.15. The number of ether oxygens (including phenoxy) is 1. The number of nitrogen functional groups attached to an aromatic ring is 1. The van der Waals surface area contributed by atoms with Crippen LogP contribution in [0.15, 0.2) is 52.3 Å². The number of hydrogen-bond acceptors (Lipinski definition) is 9. The van der Waals surface area contributed by atoms with Gasteiger partial charge < -0.3 is 15.8 Å². The zero-order chi connectivity index (χ0) is 28.5. The first-order valence-corrected chi connectivity index (χ1v) is 15.3. The number of unbranched alkanes of at least 4 members (excludes halogenated alkanes) is 1. The largest absolute Gasteiger partial charge is 0.493 e. The van der Waals surface area contributed by atoms with Crippen LogP contribution in [0.1, 0.15) is 28.8 Å². The van der Waals surface area contributed by atoms with Gasteiger partial charge in [-0.25, -0.2) is 0 Å². The molecule has 6 N–H and O–H groups in total. The van der Waals surface area contributed by atoms with Gasteiger partial charge in [-0.05, 0) is 67.1 Å². The Kier molecular flexibility index (Phi) is 8.35. The van der Waals surface area contributed by atoms with E-state index in [1.165, 1.54) is 18.2 Å². The predicted octanol–water partition coefficient (Wildman–Crippen LogP) is 2.52. The van der Waals surface area contributed by atoms with E-state index in [0.717, 1.165) is 24.3 Å². The lowest BCUT2D eigenvalue weighted by molar-refractivity contribution is 0.102. The third kappa shape index (κ3) is 7.40. The number of hydrogen-bond donors (Lipinski definition) is 5. The van der Waals surface area contributed by atoms with Gasteiger partial charge in [-0.3, -0.25) is 18.5 Å². The molecule has 16 heteroatoms. The number of benzene rings is 3. The number of aryl methyl sites for hydroxylation is 1. The van der Waals surface area contributed by atoms with Crippen molar-refractivity contribution in [1.82, 2.24) is 0 Å². The first kappa shape index (κ1) is 29.3. The summed E-state index contributed by atoms with van der Waals surface area (Å²) in [6, 6.07) is 8.31. The normalized spacial score (nSPS) is 12.4. The molecule has 0 aliphatic heterocycles. The van der Waals surface area contributed by atoms with Crippen LogP contribution in [0.2, 0.25) is 0 Å². The van der Waals surface area contributed by atoms with E-state index in [-0.39, 0.29) is 47.2 Å². The fourth-order valence-electron chi connectivity index (χ4n) is 3.49. The highest BCUT2D eigenvalue weighted by atomic mass is 32.2. The molecule has 0 saturated carbocycles. The number of nitrogens with one attached hydrogen (secondary N) is 1. The zero-order valence-corrected chi connectivity index (χ0v) is 22.2. The van der Waals surface area contributed by atoms with Crippen molar-refractivity contribution < 1.29 is 48.4 Å². The lowest BCUT2D eigenvalue weighted by Crippen LogP contribution is -2.15. The van der Waals surface area contributed by atoms with E-state index in [9.17, 15) is 39.2 Å². The minimum absolute atomic E-state index is 0.0178. The van der Waals surface area contributed by atoms with Crippen LogP contribution in [-0.2, 0) is 30.4 Å². The monoisotopic (exact) mass is 588 g/mol. The molecule has 0 fully saturated rings. The van der Waals surface area contributed by atoms with Crippen molar-refractivity contribution in [2.24, 2.45) is 0 Å². The van der Waals surface area contributed by atoms with Crippen molar-refractivity contribution in [3.8, 4) is 5.75 Å².